The van der Waals surface area contributed by atoms with Crippen LogP contribution in [0.4, 0.5) is 0 Å². The molecule has 45 heavy (non-hydrogen) atoms. The lowest BCUT2D eigenvalue weighted by Crippen LogP contribution is -2.25. The van der Waals surface area contributed by atoms with Gasteiger partial charge in [0.05, 0.1) is 21.8 Å². The van der Waals surface area contributed by atoms with Gasteiger partial charge in [-0.25, -0.2) is 19.5 Å². The monoisotopic (exact) mass is 587 g/mol. The van der Waals surface area contributed by atoms with Gasteiger partial charge in [-0.3, -0.25) is 9.59 Å². The minimum atomic E-state index is -0.292. The van der Waals surface area contributed by atoms with E-state index in [1.807, 2.05) is 77.3 Å². The Morgan fingerprint density at radius 2 is 1.00 bits per heavy atom. The van der Waals surface area contributed by atoms with E-state index in [0.29, 0.717) is 45.6 Å². The molecule has 4 aromatic carbocycles. The number of hydrogen-bond donors (Lipinski definition) is 0. The van der Waals surface area contributed by atoms with E-state index in [2.05, 4.69) is 12.1 Å². The Morgan fingerprint density at radius 1 is 0.489 bits per heavy atom. The molecule has 7 heteroatoms. The zero-order valence-electron chi connectivity index (χ0n) is 24.6. The lowest BCUT2D eigenvalue weighted by molar-refractivity contribution is 0.166. The molecular formula is C38H29N5O2. The van der Waals surface area contributed by atoms with Crippen molar-refractivity contribution in [3.8, 4) is 34.2 Å². The molecule has 3 heterocycles. The van der Waals surface area contributed by atoms with Gasteiger partial charge in [0.15, 0.2) is 17.5 Å². The maximum atomic E-state index is 13.9. The zero-order chi connectivity index (χ0) is 29.8. The van der Waals surface area contributed by atoms with Crippen molar-refractivity contribution in [3.63, 3.8) is 0 Å². The molecule has 7 aromatic rings. The third-order valence-electron chi connectivity index (χ3n) is 10.7. The Bertz CT molecular complexity index is 2360. The Labute approximate surface area is 258 Å². The normalized spacial score (nSPS) is 22.0. The van der Waals surface area contributed by atoms with Gasteiger partial charge < -0.3 is 0 Å². The first-order valence-electron chi connectivity index (χ1n) is 16.0. The van der Waals surface area contributed by atoms with Gasteiger partial charge in [-0.1, -0.05) is 66.7 Å². The summed E-state index contributed by atoms with van der Waals surface area (Å²) < 4.78 is 3.16. The molecular weight excluding hydrogens is 558 g/mol. The first-order chi connectivity index (χ1) is 22.1. The zero-order valence-corrected chi connectivity index (χ0v) is 24.6. The number of fused-ring (bicyclic) bond motifs is 5. The van der Waals surface area contributed by atoms with E-state index < -0.39 is 0 Å². The topological polar surface area (TPSA) is 81.6 Å². The first kappa shape index (κ1) is 25.2. The number of benzene rings is 4. The van der Waals surface area contributed by atoms with Crippen LogP contribution >= 0.6 is 0 Å². The summed E-state index contributed by atoms with van der Waals surface area (Å²) in [6, 6.07) is 29.8. The average molecular weight is 588 g/mol. The van der Waals surface area contributed by atoms with E-state index in [0.717, 1.165) is 34.0 Å². The molecule has 0 saturated heterocycles. The highest BCUT2D eigenvalue weighted by atomic mass is 16.2. The molecule has 0 radical (unpaired) electrons. The molecule has 7 nitrogen and oxygen atoms in total. The van der Waals surface area contributed by atoms with Crippen molar-refractivity contribution in [2.45, 2.75) is 43.9 Å². The van der Waals surface area contributed by atoms with Crippen LogP contribution in [-0.2, 0) is 0 Å². The predicted octanol–water partition coefficient (Wildman–Crippen LogP) is 7.08. The van der Waals surface area contributed by atoms with Gasteiger partial charge in [-0.2, -0.15) is 4.52 Å². The summed E-state index contributed by atoms with van der Waals surface area (Å²) in [5.41, 5.74) is 6.26. The highest BCUT2D eigenvalue weighted by Gasteiger charge is 2.42. The Balaban J connectivity index is 1.21. The third-order valence-corrected chi connectivity index (χ3v) is 10.7. The van der Waals surface area contributed by atoms with E-state index in [-0.39, 0.29) is 11.1 Å². The van der Waals surface area contributed by atoms with Crippen LogP contribution < -0.4 is 11.1 Å². The molecule has 0 N–H and O–H groups in total. The molecule has 2 fully saturated rings. The van der Waals surface area contributed by atoms with Crippen LogP contribution in [0.2, 0.25) is 0 Å². The van der Waals surface area contributed by atoms with Crippen LogP contribution in [0.25, 0.3) is 56.0 Å². The Morgan fingerprint density at radius 3 is 1.60 bits per heavy atom. The minimum absolute atomic E-state index is 0.239. The molecule has 0 aliphatic heterocycles. The molecule has 2 saturated carbocycles. The van der Waals surface area contributed by atoms with Crippen LogP contribution in [0.5, 0.6) is 0 Å². The standard InChI is InChI=1S/C38H29N5O2/c44-37-28-12-11-25(36-40-34(23-7-3-1-4-8-23)39-35(41-36)24-9-5-2-6-10-24)18-32(28)42-33-20-30-27-16-21-13-22(17-27)15-26(14-21)29(30)19-31(33)38(45)43(37)42/h1-12,18-22,26-27H,13-17H2. The SMILES string of the molecule is O=c1c2ccc(-c3nc(-c4ccccc4)nc(-c4ccccc4)n3)cc2n2c3cc4c(cc3c(=O)n12)C1CC2CC(C1)CC4C2. The van der Waals surface area contributed by atoms with Gasteiger partial charge in [0.2, 0.25) is 0 Å². The summed E-state index contributed by atoms with van der Waals surface area (Å²) in [5, 5.41) is 1.14. The van der Waals surface area contributed by atoms with Crippen molar-refractivity contribution < 1.29 is 0 Å². The van der Waals surface area contributed by atoms with Crippen LogP contribution in [-0.4, -0.2) is 24.0 Å². The summed E-state index contributed by atoms with van der Waals surface area (Å²) >= 11 is 0. The van der Waals surface area contributed by atoms with Crippen LogP contribution in [0, 0.1) is 11.8 Å². The van der Waals surface area contributed by atoms with E-state index in [9.17, 15) is 9.59 Å². The summed E-state index contributed by atoms with van der Waals surface area (Å²) in [4.78, 5) is 42.2. The minimum Gasteiger partial charge on any atom is -0.267 e. The van der Waals surface area contributed by atoms with E-state index >= 15 is 0 Å². The van der Waals surface area contributed by atoms with Gasteiger partial charge >= 0.3 is 0 Å². The smallest absolute Gasteiger partial charge is 0.267 e. The van der Waals surface area contributed by atoms with Crippen molar-refractivity contribution in [2.75, 3.05) is 0 Å². The second-order valence-electron chi connectivity index (χ2n) is 13.3. The third kappa shape index (κ3) is 3.67. The fourth-order valence-corrected chi connectivity index (χ4v) is 8.85. The first-order valence-corrected chi connectivity index (χ1v) is 16.0. The van der Waals surface area contributed by atoms with Crippen LogP contribution in [0.3, 0.4) is 0 Å². The quantitative estimate of drug-likeness (QED) is 0.221. The van der Waals surface area contributed by atoms with Gasteiger partial charge in [0.1, 0.15) is 0 Å². The molecule has 0 spiro atoms. The highest BCUT2D eigenvalue weighted by Crippen LogP contribution is 2.56. The predicted molar refractivity (Wildman–Crippen MR) is 175 cm³/mol. The van der Waals surface area contributed by atoms with Crippen molar-refractivity contribution in [3.05, 3.63) is 123 Å². The van der Waals surface area contributed by atoms with E-state index in [4.69, 9.17) is 15.0 Å². The lowest BCUT2D eigenvalue weighted by Gasteiger charge is -2.38. The second-order valence-corrected chi connectivity index (χ2v) is 13.3. The highest BCUT2D eigenvalue weighted by molar-refractivity contribution is 5.90. The van der Waals surface area contributed by atoms with Crippen molar-refractivity contribution in [2.24, 2.45) is 11.8 Å². The lowest BCUT2D eigenvalue weighted by atomic mass is 9.67. The van der Waals surface area contributed by atoms with Crippen LogP contribution in [0.15, 0.2) is 101 Å². The molecule has 4 aliphatic rings. The molecule has 4 bridgehead atoms. The number of nitrogens with zero attached hydrogens (tertiary/aromatic N) is 5. The summed E-state index contributed by atoms with van der Waals surface area (Å²) in [7, 11) is 0. The average Bonchev–Trinajstić information content (AvgIpc) is 3.47. The summed E-state index contributed by atoms with van der Waals surface area (Å²) in [6.07, 6.45) is 6.30. The summed E-state index contributed by atoms with van der Waals surface area (Å²) in [6.45, 7) is 0. The van der Waals surface area contributed by atoms with Gasteiger partial charge in [-0.05, 0) is 91.2 Å². The maximum Gasteiger partial charge on any atom is 0.282 e. The molecule has 218 valence electrons. The fraction of sp³-hybridized carbons (Fsp3) is 0.237. The van der Waals surface area contributed by atoms with Crippen molar-refractivity contribution in [1.29, 1.82) is 0 Å². The van der Waals surface area contributed by atoms with Crippen molar-refractivity contribution >= 4 is 21.8 Å². The maximum absolute atomic E-state index is 13.9. The molecule has 11 rings (SSSR count). The fourth-order valence-electron chi connectivity index (χ4n) is 8.85. The number of aromatic nitrogens is 5. The van der Waals surface area contributed by atoms with Gasteiger partial charge in [0.25, 0.3) is 11.1 Å². The van der Waals surface area contributed by atoms with E-state index in [1.54, 1.807) is 6.07 Å². The molecule has 2 atom stereocenters. The van der Waals surface area contributed by atoms with Crippen molar-refractivity contribution in [1.82, 2.24) is 24.0 Å². The number of rotatable bonds is 3. The van der Waals surface area contributed by atoms with Gasteiger partial charge in [-0.15, -0.1) is 0 Å². The summed E-state index contributed by atoms with van der Waals surface area (Å²) in [5.74, 6) is 4.30. The number of hydrogen-bond acceptors (Lipinski definition) is 5. The molecule has 4 aliphatic carbocycles. The molecule has 2 unspecified atom stereocenters. The Hall–Kier alpha value is -5.17. The Kier molecular flexibility index (Phi) is 5.13. The molecule has 3 aromatic heterocycles. The van der Waals surface area contributed by atoms with Gasteiger partial charge in [0, 0.05) is 16.7 Å². The van der Waals surface area contributed by atoms with Crippen LogP contribution in [0.1, 0.15) is 55.1 Å². The second kappa shape index (κ2) is 9.17. The largest absolute Gasteiger partial charge is 0.282 e. The molecule has 0 amide bonds. The van der Waals surface area contributed by atoms with E-state index in [1.165, 1.54) is 47.7 Å².